The molecule has 28 heavy (non-hydrogen) atoms. The topological polar surface area (TPSA) is 53.9 Å². The molecule has 5 heteroatoms. The van der Waals surface area contributed by atoms with Gasteiger partial charge in [-0.25, -0.2) is 0 Å². The number of aliphatic imine (C=N–C) groups is 1. The zero-order chi connectivity index (χ0) is 20.5. The molecule has 0 saturated heterocycles. The van der Waals surface area contributed by atoms with Gasteiger partial charge < -0.3 is 15.0 Å². The van der Waals surface area contributed by atoms with Crippen molar-refractivity contribution in [1.82, 2.24) is 0 Å². The lowest BCUT2D eigenvalue weighted by atomic mass is 9.80. The number of nitrogens with zero attached hydrogens (tertiary/aromatic N) is 2. The molecule has 1 unspecified atom stereocenters. The minimum absolute atomic E-state index is 0.0858. The molecule has 0 spiro atoms. The summed E-state index contributed by atoms with van der Waals surface area (Å²) in [5.41, 5.74) is 5.20. The van der Waals surface area contributed by atoms with Gasteiger partial charge in [-0.1, -0.05) is 6.92 Å². The fraction of sp³-hybridized carbons (Fsp3) is 0.391. The van der Waals surface area contributed by atoms with Crippen LogP contribution < -0.4 is 15.0 Å². The number of fused-ring (bicyclic) bond motifs is 1. The molecule has 0 aromatic heterocycles. The van der Waals surface area contributed by atoms with Gasteiger partial charge in [-0.05, 0) is 62.1 Å². The summed E-state index contributed by atoms with van der Waals surface area (Å²) in [6, 6.07) is 11.8. The fourth-order valence-corrected chi connectivity index (χ4v) is 3.87. The Morgan fingerprint density at radius 1 is 1.29 bits per heavy atom. The summed E-state index contributed by atoms with van der Waals surface area (Å²) in [6.45, 7) is 8.33. The molecule has 1 amide bonds. The number of nitrogens with one attached hydrogen (secondary N) is 1. The number of benzene rings is 2. The Morgan fingerprint density at radius 2 is 1.96 bits per heavy atom. The summed E-state index contributed by atoms with van der Waals surface area (Å²) >= 11 is 0. The molecule has 0 radical (unpaired) electrons. The molecule has 0 fully saturated rings. The van der Waals surface area contributed by atoms with Gasteiger partial charge in [0.2, 0.25) is 5.91 Å². The van der Waals surface area contributed by atoms with Crippen LogP contribution in [0.3, 0.4) is 0 Å². The van der Waals surface area contributed by atoms with E-state index in [-0.39, 0.29) is 11.4 Å². The van der Waals surface area contributed by atoms with Gasteiger partial charge in [0.1, 0.15) is 5.75 Å². The van der Waals surface area contributed by atoms with E-state index in [9.17, 15) is 4.79 Å². The van der Waals surface area contributed by atoms with Crippen molar-refractivity contribution < 1.29 is 9.53 Å². The monoisotopic (exact) mass is 379 g/mol. The zero-order valence-corrected chi connectivity index (χ0v) is 17.5. The third-order valence-electron chi connectivity index (χ3n) is 5.53. The second-order valence-electron chi connectivity index (χ2n) is 8.12. The number of rotatable bonds is 4. The van der Waals surface area contributed by atoms with Crippen LogP contribution in [0, 0.1) is 0 Å². The lowest BCUT2D eigenvalue weighted by Gasteiger charge is -2.45. The number of amides is 1. The van der Waals surface area contributed by atoms with E-state index in [2.05, 4.69) is 55.2 Å². The molecule has 0 aliphatic carbocycles. The van der Waals surface area contributed by atoms with Crippen LogP contribution in [0.15, 0.2) is 41.4 Å². The van der Waals surface area contributed by atoms with Crippen LogP contribution in [0.4, 0.5) is 17.1 Å². The maximum atomic E-state index is 11.1. The van der Waals surface area contributed by atoms with E-state index in [4.69, 9.17) is 4.74 Å². The Labute approximate surface area is 167 Å². The quantitative estimate of drug-likeness (QED) is 0.750. The number of hydrogen-bond acceptors (Lipinski definition) is 4. The predicted octanol–water partition coefficient (Wildman–Crippen LogP) is 5.13. The van der Waals surface area contributed by atoms with Crippen molar-refractivity contribution in [1.29, 1.82) is 0 Å². The van der Waals surface area contributed by atoms with Gasteiger partial charge in [-0.2, -0.15) is 0 Å². The highest BCUT2D eigenvalue weighted by Gasteiger charge is 2.34. The van der Waals surface area contributed by atoms with Crippen molar-refractivity contribution in [2.24, 2.45) is 4.99 Å². The van der Waals surface area contributed by atoms with Crippen LogP contribution >= 0.6 is 0 Å². The summed E-state index contributed by atoms with van der Waals surface area (Å²) in [5.74, 6) is 1.20. The van der Waals surface area contributed by atoms with Crippen LogP contribution in [-0.4, -0.2) is 31.8 Å². The number of carbonyl (C=O) groups excluding carboxylic acids is 1. The van der Waals surface area contributed by atoms with Gasteiger partial charge in [-0.3, -0.25) is 9.79 Å². The van der Waals surface area contributed by atoms with Crippen LogP contribution in [-0.2, 0) is 4.79 Å². The highest BCUT2D eigenvalue weighted by atomic mass is 16.5. The molecular formula is C23H29N3O2. The van der Waals surface area contributed by atoms with E-state index < -0.39 is 0 Å². The highest BCUT2D eigenvalue weighted by molar-refractivity contribution is 5.89. The number of carbonyl (C=O) groups is 1. The Balaban J connectivity index is 1.91. The van der Waals surface area contributed by atoms with Crippen LogP contribution in [0.25, 0.3) is 0 Å². The summed E-state index contributed by atoms with van der Waals surface area (Å²) in [4.78, 5) is 18.1. The maximum Gasteiger partial charge on any atom is 0.221 e. The first-order chi connectivity index (χ1) is 13.2. The van der Waals surface area contributed by atoms with E-state index in [1.165, 1.54) is 18.2 Å². The van der Waals surface area contributed by atoms with Gasteiger partial charge in [0.25, 0.3) is 0 Å². The lowest BCUT2D eigenvalue weighted by Crippen LogP contribution is -2.45. The number of methoxy groups -OCH3 is 1. The van der Waals surface area contributed by atoms with Crippen LogP contribution in [0.5, 0.6) is 5.75 Å². The summed E-state index contributed by atoms with van der Waals surface area (Å²) in [6.07, 6.45) is 2.95. The molecular weight excluding hydrogens is 350 g/mol. The Hall–Kier alpha value is -2.82. The normalized spacial score (nSPS) is 18.1. The second kappa shape index (κ2) is 7.66. The van der Waals surface area contributed by atoms with Gasteiger partial charge in [0, 0.05) is 48.7 Å². The maximum absolute atomic E-state index is 11.1. The molecule has 1 N–H and O–H groups in total. The van der Waals surface area contributed by atoms with Gasteiger partial charge in [0.15, 0.2) is 0 Å². The van der Waals surface area contributed by atoms with Crippen LogP contribution in [0.1, 0.15) is 51.2 Å². The molecule has 0 bridgehead atoms. The van der Waals surface area contributed by atoms with Crippen molar-refractivity contribution >= 4 is 29.2 Å². The number of ether oxygens (including phenoxy) is 1. The van der Waals surface area contributed by atoms with E-state index in [0.29, 0.717) is 5.92 Å². The predicted molar refractivity (Wildman–Crippen MR) is 117 cm³/mol. The van der Waals surface area contributed by atoms with Crippen molar-refractivity contribution in [2.45, 2.75) is 45.6 Å². The minimum Gasteiger partial charge on any atom is -0.496 e. The molecule has 5 nitrogen and oxygen atoms in total. The summed E-state index contributed by atoms with van der Waals surface area (Å²) in [5, 5.41) is 2.76. The van der Waals surface area contributed by atoms with Crippen molar-refractivity contribution in [3.63, 3.8) is 0 Å². The Morgan fingerprint density at radius 3 is 2.57 bits per heavy atom. The fourth-order valence-electron chi connectivity index (χ4n) is 3.87. The third-order valence-corrected chi connectivity index (χ3v) is 5.53. The zero-order valence-electron chi connectivity index (χ0n) is 17.5. The van der Waals surface area contributed by atoms with E-state index in [1.54, 1.807) is 7.11 Å². The second-order valence-corrected chi connectivity index (χ2v) is 8.12. The van der Waals surface area contributed by atoms with Gasteiger partial charge in [-0.15, -0.1) is 0 Å². The lowest BCUT2D eigenvalue weighted by molar-refractivity contribution is -0.114. The highest BCUT2D eigenvalue weighted by Crippen LogP contribution is 2.44. The molecule has 1 aliphatic heterocycles. The third kappa shape index (κ3) is 4.03. The molecule has 2 aromatic rings. The summed E-state index contributed by atoms with van der Waals surface area (Å²) in [7, 11) is 3.84. The van der Waals surface area contributed by atoms with Crippen molar-refractivity contribution in [2.75, 3.05) is 24.4 Å². The van der Waals surface area contributed by atoms with Crippen LogP contribution in [0.2, 0.25) is 0 Å². The molecule has 1 atom stereocenters. The molecule has 3 rings (SSSR count). The van der Waals surface area contributed by atoms with Crippen molar-refractivity contribution in [3.05, 3.63) is 47.5 Å². The van der Waals surface area contributed by atoms with E-state index in [1.807, 2.05) is 30.5 Å². The van der Waals surface area contributed by atoms with Gasteiger partial charge in [0.05, 0.1) is 12.8 Å². The Kier molecular flexibility index (Phi) is 5.45. The first-order valence-electron chi connectivity index (χ1n) is 9.59. The molecule has 148 valence electrons. The molecule has 1 aliphatic rings. The summed E-state index contributed by atoms with van der Waals surface area (Å²) < 4.78 is 5.65. The average Bonchev–Trinajstić information content (AvgIpc) is 2.64. The SMILES string of the molecule is COc1cc2c(cc1C=Nc1ccc(NC(C)=O)cc1)C(C)CC(C)(C)N2C. The minimum atomic E-state index is -0.0858. The van der Waals surface area contributed by atoms with Gasteiger partial charge >= 0.3 is 0 Å². The Bertz CT molecular complexity index is 901. The number of hydrogen-bond donors (Lipinski definition) is 1. The average molecular weight is 380 g/mol. The largest absolute Gasteiger partial charge is 0.496 e. The molecule has 2 aromatic carbocycles. The van der Waals surface area contributed by atoms with E-state index >= 15 is 0 Å². The standard InChI is InChI=1S/C23H29N3O2/c1-15-13-23(3,4)26(5)21-12-22(28-6)17(11-20(15)21)14-24-18-7-9-19(10-8-18)25-16(2)27/h7-12,14-15H,13H2,1-6H3,(H,25,27). The molecule has 1 heterocycles. The van der Waals surface area contributed by atoms with E-state index in [0.717, 1.165) is 29.1 Å². The number of anilines is 2. The first kappa shape index (κ1) is 19.9. The smallest absolute Gasteiger partial charge is 0.221 e. The van der Waals surface area contributed by atoms with Crippen molar-refractivity contribution in [3.8, 4) is 5.75 Å². The molecule has 0 saturated carbocycles. The first-order valence-corrected chi connectivity index (χ1v) is 9.59.